The van der Waals surface area contributed by atoms with Crippen LogP contribution in [0.15, 0.2) is 35.3 Å². The van der Waals surface area contributed by atoms with Crippen LogP contribution in [0.4, 0.5) is 4.79 Å². The van der Waals surface area contributed by atoms with Crippen molar-refractivity contribution in [3.63, 3.8) is 0 Å². The zero-order chi connectivity index (χ0) is 22.9. The van der Waals surface area contributed by atoms with Crippen molar-refractivity contribution in [2.45, 2.75) is 71.1 Å². The van der Waals surface area contributed by atoms with Crippen LogP contribution in [0.2, 0.25) is 0 Å². The average Bonchev–Trinajstić information content (AvgIpc) is 3.21. The van der Waals surface area contributed by atoms with E-state index in [1.165, 1.54) is 5.56 Å². The number of guanidine groups is 1. The Bertz CT molecular complexity index is 718. The first-order chi connectivity index (χ1) is 14.7. The summed E-state index contributed by atoms with van der Waals surface area (Å²) in [7, 11) is 1.76. The van der Waals surface area contributed by atoms with Crippen molar-refractivity contribution < 1.29 is 14.3 Å². The van der Waals surface area contributed by atoms with Gasteiger partial charge in [0.1, 0.15) is 5.60 Å². The summed E-state index contributed by atoms with van der Waals surface area (Å²) < 4.78 is 11.4. The standard InChI is InChI=1S/C24H40N4O3.HI/c1-7-24(8-2,28-22(29)31-23(3,4)5)17-27-21(25-6)26-16-19-14-15-30-20(19)18-12-10-9-11-13-18;/h9-13,19-20H,7-8,14-17H2,1-6H3,(H,28,29)(H2,25,26,27);1H. The second-order valence-corrected chi connectivity index (χ2v) is 9.17. The number of carbonyl (C=O) groups is 1. The lowest BCUT2D eigenvalue weighted by atomic mass is 9.93. The minimum absolute atomic E-state index is 0. The molecular formula is C24H41IN4O3. The van der Waals surface area contributed by atoms with Gasteiger partial charge in [-0.15, -0.1) is 24.0 Å². The van der Waals surface area contributed by atoms with Crippen molar-refractivity contribution in [2.75, 3.05) is 26.7 Å². The van der Waals surface area contributed by atoms with Gasteiger partial charge < -0.3 is 25.4 Å². The van der Waals surface area contributed by atoms with Crippen LogP contribution in [0.5, 0.6) is 0 Å². The predicted molar refractivity (Wildman–Crippen MR) is 141 cm³/mol. The Morgan fingerprint density at radius 3 is 2.38 bits per heavy atom. The smallest absolute Gasteiger partial charge is 0.408 e. The van der Waals surface area contributed by atoms with Crippen LogP contribution >= 0.6 is 24.0 Å². The molecule has 8 heteroatoms. The van der Waals surface area contributed by atoms with E-state index in [1.54, 1.807) is 7.05 Å². The summed E-state index contributed by atoms with van der Waals surface area (Å²) in [6, 6.07) is 10.4. The number of carbonyl (C=O) groups excluding carboxylic acids is 1. The molecule has 2 unspecified atom stereocenters. The van der Waals surface area contributed by atoms with Gasteiger partial charge in [-0.3, -0.25) is 4.99 Å². The van der Waals surface area contributed by atoms with Crippen LogP contribution in [0.3, 0.4) is 0 Å². The predicted octanol–water partition coefficient (Wildman–Crippen LogP) is 4.63. The molecule has 0 bridgehead atoms. The van der Waals surface area contributed by atoms with E-state index < -0.39 is 17.2 Å². The highest BCUT2D eigenvalue weighted by atomic mass is 127. The minimum atomic E-state index is -0.527. The van der Waals surface area contributed by atoms with Crippen LogP contribution in [0.1, 0.15) is 65.5 Å². The SMILES string of the molecule is CCC(CC)(CNC(=NC)NCC1CCOC1c1ccccc1)NC(=O)OC(C)(C)C.I. The number of rotatable bonds is 8. The fourth-order valence-corrected chi connectivity index (χ4v) is 3.80. The topological polar surface area (TPSA) is 84.0 Å². The van der Waals surface area contributed by atoms with E-state index >= 15 is 0 Å². The third-order valence-electron chi connectivity index (χ3n) is 5.81. The van der Waals surface area contributed by atoms with Gasteiger partial charge >= 0.3 is 6.09 Å². The highest BCUT2D eigenvalue weighted by Crippen LogP contribution is 2.33. The van der Waals surface area contributed by atoms with Crippen LogP contribution < -0.4 is 16.0 Å². The average molecular weight is 561 g/mol. The van der Waals surface area contributed by atoms with Gasteiger partial charge in [-0.05, 0) is 45.6 Å². The van der Waals surface area contributed by atoms with Gasteiger partial charge in [-0.1, -0.05) is 44.2 Å². The minimum Gasteiger partial charge on any atom is -0.444 e. The maximum absolute atomic E-state index is 12.4. The third-order valence-corrected chi connectivity index (χ3v) is 5.81. The van der Waals surface area contributed by atoms with Crippen molar-refractivity contribution >= 4 is 36.0 Å². The van der Waals surface area contributed by atoms with E-state index in [2.05, 4.69) is 59.1 Å². The lowest BCUT2D eigenvalue weighted by Gasteiger charge is -2.34. The molecule has 2 rings (SSSR count). The van der Waals surface area contributed by atoms with E-state index in [0.29, 0.717) is 12.5 Å². The number of benzene rings is 1. The number of hydrogen-bond donors (Lipinski definition) is 3. The molecule has 1 fully saturated rings. The van der Waals surface area contributed by atoms with E-state index in [1.807, 2.05) is 26.8 Å². The normalized spacial score (nSPS) is 19.1. The van der Waals surface area contributed by atoms with Crippen LogP contribution in [-0.2, 0) is 9.47 Å². The lowest BCUT2D eigenvalue weighted by molar-refractivity contribution is 0.0448. The van der Waals surface area contributed by atoms with Crippen molar-refractivity contribution in [3.05, 3.63) is 35.9 Å². The molecule has 3 N–H and O–H groups in total. The van der Waals surface area contributed by atoms with E-state index in [-0.39, 0.29) is 30.1 Å². The molecule has 1 amide bonds. The van der Waals surface area contributed by atoms with Gasteiger partial charge in [0, 0.05) is 32.7 Å². The van der Waals surface area contributed by atoms with Gasteiger partial charge in [0.15, 0.2) is 5.96 Å². The maximum Gasteiger partial charge on any atom is 0.408 e. The number of aliphatic imine (C=N–C) groups is 1. The van der Waals surface area contributed by atoms with Crippen LogP contribution in [0.25, 0.3) is 0 Å². The van der Waals surface area contributed by atoms with Gasteiger partial charge in [-0.25, -0.2) is 4.79 Å². The van der Waals surface area contributed by atoms with Crippen LogP contribution in [0, 0.1) is 5.92 Å². The molecule has 1 aromatic rings. The molecule has 1 aromatic carbocycles. The first-order valence-electron chi connectivity index (χ1n) is 11.3. The Labute approximate surface area is 210 Å². The number of nitrogens with one attached hydrogen (secondary N) is 3. The number of alkyl carbamates (subject to hydrolysis) is 1. The largest absolute Gasteiger partial charge is 0.444 e. The Morgan fingerprint density at radius 2 is 1.81 bits per heavy atom. The maximum atomic E-state index is 12.4. The fraction of sp³-hybridized carbons (Fsp3) is 0.667. The molecule has 182 valence electrons. The van der Waals surface area contributed by atoms with E-state index in [0.717, 1.165) is 38.4 Å². The number of halogens is 1. The van der Waals surface area contributed by atoms with Gasteiger partial charge in [-0.2, -0.15) is 0 Å². The molecule has 7 nitrogen and oxygen atoms in total. The van der Waals surface area contributed by atoms with E-state index in [9.17, 15) is 4.79 Å². The molecular weight excluding hydrogens is 519 g/mol. The first kappa shape index (κ1) is 28.5. The molecule has 1 aliphatic rings. The number of amides is 1. The monoisotopic (exact) mass is 560 g/mol. The summed E-state index contributed by atoms with van der Waals surface area (Å²) in [5.41, 5.74) is 0.275. The quantitative estimate of drug-likeness (QED) is 0.245. The molecule has 1 heterocycles. The molecule has 0 saturated carbocycles. The number of ether oxygens (including phenoxy) is 2. The second kappa shape index (κ2) is 13.2. The molecule has 0 aliphatic carbocycles. The molecule has 0 radical (unpaired) electrons. The Morgan fingerprint density at radius 1 is 1.16 bits per heavy atom. The number of nitrogens with zero attached hydrogens (tertiary/aromatic N) is 1. The molecule has 1 saturated heterocycles. The summed E-state index contributed by atoms with van der Waals surface area (Å²) in [6.07, 6.45) is 2.27. The first-order valence-corrected chi connectivity index (χ1v) is 11.3. The van der Waals surface area contributed by atoms with Crippen molar-refractivity contribution in [2.24, 2.45) is 10.9 Å². The molecule has 0 spiro atoms. The summed E-state index contributed by atoms with van der Waals surface area (Å²) >= 11 is 0. The molecule has 2 atom stereocenters. The molecule has 1 aliphatic heterocycles. The van der Waals surface area contributed by atoms with Gasteiger partial charge in [0.2, 0.25) is 0 Å². The van der Waals surface area contributed by atoms with Crippen molar-refractivity contribution in [3.8, 4) is 0 Å². The summed E-state index contributed by atoms with van der Waals surface area (Å²) in [5, 5.41) is 9.89. The zero-order valence-corrected chi connectivity index (χ0v) is 22.7. The van der Waals surface area contributed by atoms with Crippen LogP contribution in [-0.4, -0.2) is 49.9 Å². The third kappa shape index (κ3) is 8.77. The highest BCUT2D eigenvalue weighted by Gasteiger charge is 2.32. The fourth-order valence-electron chi connectivity index (χ4n) is 3.80. The number of hydrogen-bond acceptors (Lipinski definition) is 4. The Hall–Kier alpha value is -1.55. The molecule has 32 heavy (non-hydrogen) atoms. The highest BCUT2D eigenvalue weighted by molar-refractivity contribution is 14.0. The Kier molecular flexibility index (Phi) is 11.8. The zero-order valence-electron chi connectivity index (χ0n) is 20.4. The summed E-state index contributed by atoms with van der Waals surface area (Å²) in [6.45, 7) is 11.8. The molecule has 0 aromatic heterocycles. The summed E-state index contributed by atoms with van der Waals surface area (Å²) in [5.74, 6) is 1.10. The van der Waals surface area contributed by atoms with Crippen molar-refractivity contribution in [1.82, 2.24) is 16.0 Å². The lowest BCUT2D eigenvalue weighted by Crippen LogP contribution is -2.57. The summed E-state index contributed by atoms with van der Waals surface area (Å²) in [4.78, 5) is 16.7. The van der Waals surface area contributed by atoms with Gasteiger partial charge in [0.25, 0.3) is 0 Å². The van der Waals surface area contributed by atoms with E-state index in [4.69, 9.17) is 9.47 Å². The van der Waals surface area contributed by atoms with Gasteiger partial charge in [0.05, 0.1) is 11.6 Å². The Balaban J connectivity index is 0.00000512. The van der Waals surface area contributed by atoms with Crippen molar-refractivity contribution in [1.29, 1.82) is 0 Å². The second-order valence-electron chi connectivity index (χ2n) is 9.17.